The smallest absolute Gasteiger partial charge is 0.230 e. The topological polar surface area (TPSA) is 75.4 Å². The lowest BCUT2D eigenvalue weighted by atomic mass is 9.76. The Bertz CT molecular complexity index is 356. The third kappa shape index (κ3) is 3.32. The van der Waals surface area contributed by atoms with E-state index in [0.29, 0.717) is 18.2 Å². The van der Waals surface area contributed by atoms with E-state index in [9.17, 15) is 9.59 Å². The van der Waals surface area contributed by atoms with Gasteiger partial charge in [0.2, 0.25) is 11.8 Å². The van der Waals surface area contributed by atoms with Gasteiger partial charge in [-0.05, 0) is 44.6 Å². The van der Waals surface area contributed by atoms with Crippen LogP contribution >= 0.6 is 0 Å². The highest BCUT2D eigenvalue weighted by molar-refractivity contribution is 5.83. The van der Waals surface area contributed by atoms with Crippen molar-refractivity contribution in [1.82, 2.24) is 10.2 Å². The summed E-state index contributed by atoms with van der Waals surface area (Å²) in [5.41, 5.74) is 5.05. The lowest BCUT2D eigenvalue weighted by Gasteiger charge is -2.42. The van der Waals surface area contributed by atoms with Gasteiger partial charge in [-0.1, -0.05) is 6.92 Å². The normalized spacial score (nSPS) is 28.4. The Morgan fingerprint density at radius 3 is 2.55 bits per heavy atom. The third-order valence-corrected chi connectivity index (χ3v) is 4.99. The Morgan fingerprint density at radius 1 is 1.35 bits per heavy atom. The summed E-state index contributed by atoms with van der Waals surface area (Å²) in [6.07, 6.45) is 5.25. The van der Waals surface area contributed by atoms with Gasteiger partial charge in [0, 0.05) is 26.1 Å². The van der Waals surface area contributed by atoms with Crippen LogP contribution in [0.3, 0.4) is 0 Å². The average Bonchev–Trinajstić information content (AvgIpc) is 2.47. The van der Waals surface area contributed by atoms with Gasteiger partial charge in [-0.2, -0.15) is 0 Å². The minimum atomic E-state index is -0.226. The van der Waals surface area contributed by atoms with Crippen LogP contribution in [0.5, 0.6) is 0 Å². The van der Waals surface area contributed by atoms with E-state index in [1.165, 1.54) is 0 Å². The van der Waals surface area contributed by atoms with Crippen LogP contribution in [0.1, 0.15) is 45.4 Å². The molecule has 0 spiro atoms. The number of nitrogens with zero attached hydrogens (tertiary/aromatic N) is 1. The molecule has 1 unspecified atom stereocenters. The third-order valence-electron chi connectivity index (χ3n) is 4.99. The standard InChI is InChI=1S/C15H27N3O2/c1-2-15(6-3-7-17-11-15)14(20)18-8-4-12(5-9-18)10-13(16)19/h12,17H,2-11H2,1H3,(H2,16,19). The fourth-order valence-electron chi connectivity index (χ4n) is 3.56. The highest BCUT2D eigenvalue weighted by atomic mass is 16.2. The molecule has 0 aliphatic carbocycles. The molecule has 0 aromatic heterocycles. The maximum absolute atomic E-state index is 12.8. The first-order valence-corrected chi connectivity index (χ1v) is 7.86. The van der Waals surface area contributed by atoms with Crippen molar-refractivity contribution in [2.45, 2.75) is 45.4 Å². The van der Waals surface area contributed by atoms with Crippen LogP contribution in [0, 0.1) is 11.3 Å². The number of nitrogens with two attached hydrogens (primary N) is 1. The van der Waals surface area contributed by atoms with Crippen LogP contribution in [-0.4, -0.2) is 42.9 Å². The number of primary amides is 1. The summed E-state index contributed by atoms with van der Waals surface area (Å²) < 4.78 is 0. The molecule has 20 heavy (non-hydrogen) atoms. The first-order chi connectivity index (χ1) is 9.57. The Kier molecular flexibility index (Phi) is 5.02. The van der Waals surface area contributed by atoms with E-state index >= 15 is 0 Å². The number of carbonyl (C=O) groups is 2. The van der Waals surface area contributed by atoms with E-state index in [2.05, 4.69) is 12.2 Å². The summed E-state index contributed by atoms with van der Waals surface area (Å²) in [4.78, 5) is 25.8. The number of hydrogen-bond donors (Lipinski definition) is 2. The molecule has 2 amide bonds. The Labute approximate surface area is 121 Å². The number of piperidine rings is 2. The summed E-state index contributed by atoms with van der Waals surface area (Å²) in [6, 6.07) is 0. The minimum Gasteiger partial charge on any atom is -0.370 e. The maximum Gasteiger partial charge on any atom is 0.230 e. The van der Waals surface area contributed by atoms with Crippen LogP contribution in [0.2, 0.25) is 0 Å². The summed E-state index contributed by atoms with van der Waals surface area (Å²) >= 11 is 0. The Balaban J connectivity index is 1.92. The zero-order valence-corrected chi connectivity index (χ0v) is 12.5. The molecule has 2 fully saturated rings. The number of hydrogen-bond acceptors (Lipinski definition) is 3. The van der Waals surface area contributed by atoms with Gasteiger partial charge in [-0.3, -0.25) is 9.59 Å². The fraction of sp³-hybridized carbons (Fsp3) is 0.867. The highest BCUT2D eigenvalue weighted by Gasteiger charge is 2.41. The van der Waals surface area contributed by atoms with E-state index in [-0.39, 0.29) is 11.3 Å². The fourth-order valence-corrected chi connectivity index (χ4v) is 3.56. The lowest BCUT2D eigenvalue weighted by molar-refractivity contribution is -0.145. The zero-order chi connectivity index (χ0) is 14.6. The van der Waals surface area contributed by atoms with Crippen molar-refractivity contribution in [2.75, 3.05) is 26.2 Å². The second kappa shape index (κ2) is 6.57. The van der Waals surface area contributed by atoms with Crippen LogP contribution in [0.15, 0.2) is 0 Å². The van der Waals surface area contributed by atoms with Gasteiger partial charge in [0.25, 0.3) is 0 Å². The summed E-state index contributed by atoms with van der Waals surface area (Å²) in [5, 5.41) is 3.37. The maximum atomic E-state index is 12.8. The Hall–Kier alpha value is -1.10. The van der Waals surface area contributed by atoms with Gasteiger partial charge in [0.1, 0.15) is 0 Å². The molecule has 2 aliphatic heterocycles. The molecule has 114 valence electrons. The summed E-state index contributed by atoms with van der Waals surface area (Å²) in [6.45, 7) is 5.50. The van der Waals surface area contributed by atoms with Crippen LogP contribution in [-0.2, 0) is 9.59 Å². The summed E-state index contributed by atoms with van der Waals surface area (Å²) in [7, 11) is 0. The van der Waals surface area contributed by atoms with E-state index < -0.39 is 0 Å². The second-order valence-electron chi connectivity index (χ2n) is 6.32. The van der Waals surface area contributed by atoms with Crippen LogP contribution < -0.4 is 11.1 Å². The number of nitrogens with one attached hydrogen (secondary N) is 1. The van der Waals surface area contributed by atoms with Crippen molar-refractivity contribution in [1.29, 1.82) is 0 Å². The van der Waals surface area contributed by atoms with E-state index in [1.807, 2.05) is 4.90 Å². The van der Waals surface area contributed by atoms with Crippen LogP contribution in [0.4, 0.5) is 0 Å². The molecule has 2 heterocycles. The van der Waals surface area contributed by atoms with E-state index in [4.69, 9.17) is 5.73 Å². The van der Waals surface area contributed by atoms with Crippen molar-refractivity contribution in [3.05, 3.63) is 0 Å². The molecule has 0 aromatic carbocycles. The number of carbonyl (C=O) groups excluding carboxylic acids is 2. The first-order valence-electron chi connectivity index (χ1n) is 7.86. The molecule has 1 atom stereocenters. The molecule has 2 saturated heterocycles. The molecule has 0 bridgehead atoms. The molecular weight excluding hydrogens is 254 g/mol. The van der Waals surface area contributed by atoms with E-state index in [0.717, 1.165) is 58.3 Å². The first kappa shape index (κ1) is 15.3. The predicted octanol–water partition coefficient (Wildman–Crippen LogP) is 0.880. The van der Waals surface area contributed by atoms with Gasteiger partial charge in [-0.25, -0.2) is 0 Å². The Morgan fingerprint density at radius 2 is 2.05 bits per heavy atom. The van der Waals surface area contributed by atoms with Crippen molar-refractivity contribution in [2.24, 2.45) is 17.1 Å². The number of amides is 2. The van der Waals surface area contributed by atoms with Gasteiger partial charge < -0.3 is 16.0 Å². The molecule has 5 heteroatoms. The molecule has 0 aromatic rings. The van der Waals surface area contributed by atoms with Gasteiger partial charge >= 0.3 is 0 Å². The lowest BCUT2D eigenvalue weighted by Crippen LogP contribution is -2.53. The zero-order valence-electron chi connectivity index (χ0n) is 12.5. The predicted molar refractivity (Wildman–Crippen MR) is 77.9 cm³/mol. The quantitative estimate of drug-likeness (QED) is 0.803. The highest BCUT2D eigenvalue weighted by Crippen LogP contribution is 2.34. The second-order valence-corrected chi connectivity index (χ2v) is 6.32. The number of likely N-dealkylation sites (tertiary alicyclic amines) is 1. The van der Waals surface area contributed by atoms with Crippen molar-refractivity contribution in [3.63, 3.8) is 0 Å². The molecule has 0 radical (unpaired) electrons. The van der Waals surface area contributed by atoms with Gasteiger partial charge in [-0.15, -0.1) is 0 Å². The molecular formula is C15H27N3O2. The van der Waals surface area contributed by atoms with Crippen molar-refractivity contribution in [3.8, 4) is 0 Å². The summed E-state index contributed by atoms with van der Waals surface area (Å²) in [5.74, 6) is 0.444. The van der Waals surface area contributed by atoms with Crippen LogP contribution in [0.25, 0.3) is 0 Å². The molecule has 2 aliphatic rings. The molecule has 0 saturated carbocycles. The van der Waals surface area contributed by atoms with Crippen molar-refractivity contribution >= 4 is 11.8 Å². The average molecular weight is 281 g/mol. The van der Waals surface area contributed by atoms with Gasteiger partial charge in [0.15, 0.2) is 0 Å². The van der Waals surface area contributed by atoms with Gasteiger partial charge in [0.05, 0.1) is 5.41 Å². The SMILES string of the molecule is CCC1(C(=O)N2CCC(CC(N)=O)CC2)CCCNC1. The number of rotatable bonds is 4. The monoisotopic (exact) mass is 281 g/mol. The largest absolute Gasteiger partial charge is 0.370 e. The molecule has 5 nitrogen and oxygen atoms in total. The minimum absolute atomic E-state index is 0.200. The van der Waals surface area contributed by atoms with Crippen molar-refractivity contribution < 1.29 is 9.59 Å². The molecule has 3 N–H and O–H groups in total. The molecule has 2 rings (SSSR count). The van der Waals surface area contributed by atoms with E-state index in [1.54, 1.807) is 0 Å².